The molecule has 0 atom stereocenters. The Morgan fingerprint density at radius 2 is 1.97 bits per heavy atom. The number of pyridine rings is 1. The molecule has 0 spiro atoms. The van der Waals surface area contributed by atoms with Gasteiger partial charge in [-0.15, -0.1) is 10.2 Å². The molecule has 2 aromatic heterocycles. The summed E-state index contributed by atoms with van der Waals surface area (Å²) in [4.78, 5) is 28.1. The van der Waals surface area contributed by atoms with Gasteiger partial charge in [0.05, 0.1) is 23.4 Å². The van der Waals surface area contributed by atoms with Gasteiger partial charge in [-0.3, -0.25) is 9.78 Å². The van der Waals surface area contributed by atoms with E-state index in [0.29, 0.717) is 17.4 Å². The molecular formula is C19H18ClN5O3S. The van der Waals surface area contributed by atoms with Crippen LogP contribution in [-0.2, 0) is 16.1 Å². The molecule has 0 unspecified atom stereocenters. The Morgan fingerprint density at radius 1 is 1.21 bits per heavy atom. The Hall–Kier alpha value is -2.91. The van der Waals surface area contributed by atoms with Crippen LogP contribution in [0.4, 0.5) is 5.69 Å². The van der Waals surface area contributed by atoms with Crippen molar-refractivity contribution in [3.05, 3.63) is 53.3 Å². The van der Waals surface area contributed by atoms with Gasteiger partial charge in [-0.1, -0.05) is 23.4 Å². The van der Waals surface area contributed by atoms with Crippen LogP contribution in [0.25, 0.3) is 11.4 Å². The fourth-order valence-corrected chi connectivity index (χ4v) is 3.59. The molecule has 0 bridgehead atoms. The van der Waals surface area contributed by atoms with Gasteiger partial charge in [0.15, 0.2) is 11.0 Å². The quantitative estimate of drug-likeness (QED) is 0.451. The van der Waals surface area contributed by atoms with Gasteiger partial charge in [-0.05, 0) is 37.3 Å². The zero-order valence-corrected chi connectivity index (χ0v) is 17.3. The van der Waals surface area contributed by atoms with Crippen molar-refractivity contribution in [1.82, 2.24) is 19.7 Å². The number of anilines is 1. The summed E-state index contributed by atoms with van der Waals surface area (Å²) in [5.74, 6) is 0.0349. The number of esters is 1. The van der Waals surface area contributed by atoms with Gasteiger partial charge in [-0.2, -0.15) is 0 Å². The molecular weight excluding hydrogens is 414 g/mol. The first-order valence-electron chi connectivity index (χ1n) is 8.67. The number of carbonyl (C=O) groups is 2. The first-order valence-corrected chi connectivity index (χ1v) is 10.0. The number of halogens is 1. The van der Waals surface area contributed by atoms with E-state index in [0.717, 1.165) is 11.4 Å². The second-order valence-electron chi connectivity index (χ2n) is 5.81. The van der Waals surface area contributed by atoms with Crippen LogP contribution in [-0.4, -0.2) is 44.5 Å². The standard InChI is InChI=1S/C19H18ClN5O3S/c1-3-25-17(12-6-8-21-9-7-12)23-24-19(25)29-11-16(26)22-13-4-5-15(20)14(10-13)18(27)28-2/h4-10H,3,11H2,1-2H3,(H,22,26). The maximum atomic E-state index is 12.4. The molecule has 0 aliphatic rings. The molecule has 29 heavy (non-hydrogen) atoms. The lowest BCUT2D eigenvalue weighted by Gasteiger charge is -2.09. The van der Waals surface area contributed by atoms with E-state index in [-0.39, 0.29) is 22.2 Å². The Balaban J connectivity index is 1.67. The Bertz CT molecular complexity index is 1030. The predicted molar refractivity (Wildman–Crippen MR) is 111 cm³/mol. The molecule has 0 radical (unpaired) electrons. The van der Waals surface area contributed by atoms with E-state index < -0.39 is 5.97 Å². The molecule has 2 heterocycles. The highest BCUT2D eigenvalue weighted by Gasteiger charge is 2.16. The first kappa shape index (κ1) is 20.8. The topological polar surface area (TPSA) is 99.0 Å². The minimum Gasteiger partial charge on any atom is -0.465 e. The molecule has 0 saturated heterocycles. The average molecular weight is 432 g/mol. The van der Waals surface area contributed by atoms with E-state index in [1.807, 2.05) is 23.6 Å². The molecule has 0 aliphatic carbocycles. The number of nitrogens with zero attached hydrogens (tertiary/aromatic N) is 4. The van der Waals surface area contributed by atoms with Crippen LogP contribution >= 0.6 is 23.4 Å². The Kier molecular flexibility index (Phi) is 6.84. The number of amides is 1. The van der Waals surface area contributed by atoms with E-state index in [4.69, 9.17) is 11.6 Å². The minimum absolute atomic E-state index is 0.130. The summed E-state index contributed by atoms with van der Waals surface area (Å²) in [6.07, 6.45) is 3.39. The zero-order valence-electron chi connectivity index (χ0n) is 15.8. The molecule has 150 valence electrons. The summed E-state index contributed by atoms with van der Waals surface area (Å²) >= 11 is 7.27. The van der Waals surface area contributed by atoms with Crippen molar-refractivity contribution in [3.8, 4) is 11.4 Å². The highest BCUT2D eigenvalue weighted by Crippen LogP contribution is 2.24. The van der Waals surface area contributed by atoms with Crippen molar-refractivity contribution >= 4 is 40.9 Å². The monoisotopic (exact) mass is 431 g/mol. The van der Waals surface area contributed by atoms with Gasteiger partial charge in [0.2, 0.25) is 5.91 Å². The predicted octanol–water partition coefficient (Wildman–Crippen LogP) is 3.53. The summed E-state index contributed by atoms with van der Waals surface area (Å²) in [5, 5.41) is 12.1. The van der Waals surface area contributed by atoms with Crippen molar-refractivity contribution in [1.29, 1.82) is 0 Å². The maximum absolute atomic E-state index is 12.4. The molecule has 0 aliphatic heterocycles. The highest BCUT2D eigenvalue weighted by molar-refractivity contribution is 7.99. The normalized spacial score (nSPS) is 10.6. The van der Waals surface area contributed by atoms with Crippen molar-refractivity contribution in [2.45, 2.75) is 18.6 Å². The number of nitrogens with one attached hydrogen (secondary N) is 1. The minimum atomic E-state index is -0.569. The van der Waals surface area contributed by atoms with E-state index in [1.165, 1.54) is 31.0 Å². The van der Waals surface area contributed by atoms with E-state index in [2.05, 4.69) is 25.2 Å². The first-order chi connectivity index (χ1) is 14.0. The smallest absolute Gasteiger partial charge is 0.339 e. The summed E-state index contributed by atoms with van der Waals surface area (Å²) < 4.78 is 6.62. The third-order valence-electron chi connectivity index (χ3n) is 3.96. The molecule has 1 amide bonds. The van der Waals surface area contributed by atoms with Crippen LogP contribution in [0.15, 0.2) is 47.9 Å². The van der Waals surface area contributed by atoms with E-state index in [9.17, 15) is 9.59 Å². The van der Waals surface area contributed by atoms with Gasteiger partial charge in [0, 0.05) is 30.2 Å². The number of benzene rings is 1. The highest BCUT2D eigenvalue weighted by atomic mass is 35.5. The SMILES string of the molecule is CCn1c(SCC(=O)Nc2ccc(Cl)c(C(=O)OC)c2)nnc1-c1ccncc1. The lowest BCUT2D eigenvalue weighted by atomic mass is 10.2. The van der Waals surface area contributed by atoms with Crippen LogP contribution in [0, 0.1) is 0 Å². The third kappa shape index (κ3) is 4.93. The Morgan fingerprint density at radius 3 is 2.66 bits per heavy atom. The lowest BCUT2D eigenvalue weighted by Crippen LogP contribution is -2.15. The zero-order chi connectivity index (χ0) is 20.8. The maximum Gasteiger partial charge on any atom is 0.339 e. The number of methoxy groups -OCH3 is 1. The fraction of sp³-hybridized carbons (Fsp3) is 0.211. The van der Waals surface area contributed by atoms with Gasteiger partial charge in [-0.25, -0.2) is 4.79 Å². The summed E-state index contributed by atoms with van der Waals surface area (Å²) in [5.41, 5.74) is 1.55. The molecule has 8 nitrogen and oxygen atoms in total. The second kappa shape index (κ2) is 9.53. The largest absolute Gasteiger partial charge is 0.465 e. The average Bonchev–Trinajstić information content (AvgIpc) is 3.16. The number of thioether (sulfide) groups is 1. The summed E-state index contributed by atoms with van der Waals surface area (Å²) in [6.45, 7) is 2.65. The number of hydrogen-bond donors (Lipinski definition) is 1. The number of aromatic nitrogens is 4. The van der Waals surface area contributed by atoms with Gasteiger partial charge in [0.25, 0.3) is 0 Å². The molecule has 0 saturated carbocycles. The van der Waals surface area contributed by atoms with E-state index >= 15 is 0 Å². The van der Waals surface area contributed by atoms with Crippen LogP contribution in [0.3, 0.4) is 0 Å². The van der Waals surface area contributed by atoms with Crippen LogP contribution < -0.4 is 5.32 Å². The molecule has 3 rings (SSSR count). The lowest BCUT2D eigenvalue weighted by molar-refractivity contribution is -0.113. The van der Waals surface area contributed by atoms with Crippen LogP contribution in [0.5, 0.6) is 0 Å². The fourth-order valence-electron chi connectivity index (χ4n) is 2.59. The number of rotatable bonds is 7. The van der Waals surface area contributed by atoms with Gasteiger partial charge in [0.1, 0.15) is 0 Å². The molecule has 0 fully saturated rings. The molecule has 10 heteroatoms. The Labute approximate surface area is 176 Å². The summed E-state index contributed by atoms with van der Waals surface area (Å²) in [6, 6.07) is 8.35. The second-order valence-corrected chi connectivity index (χ2v) is 7.16. The van der Waals surface area contributed by atoms with Gasteiger partial charge < -0.3 is 14.6 Å². The van der Waals surface area contributed by atoms with Gasteiger partial charge >= 0.3 is 5.97 Å². The van der Waals surface area contributed by atoms with Crippen LogP contribution in [0.1, 0.15) is 17.3 Å². The summed E-state index contributed by atoms with van der Waals surface area (Å²) in [7, 11) is 1.27. The number of hydrogen-bond acceptors (Lipinski definition) is 7. The number of carbonyl (C=O) groups excluding carboxylic acids is 2. The van der Waals surface area contributed by atoms with E-state index in [1.54, 1.807) is 18.5 Å². The third-order valence-corrected chi connectivity index (χ3v) is 5.26. The van der Waals surface area contributed by atoms with Crippen molar-refractivity contribution < 1.29 is 14.3 Å². The van der Waals surface area contributed by atoms with Crippen molar-refractivity contribution in [2.75, 3.05) is 18.2 Å². The molecule has 3 aromatic rings. The van der Waals surface area contributed by atoms with Crippen molar-refractivity contribution in [3.63, 3.8) is 0 Å². The van der Waals surface area contributed by atoms with Crippen LogP contribution in [0.2, 0.25) is 5.02 Å². The van der Waals surface area contributed by atoms with Crippen molar-refractivity contribution in [2.24, 2.45) is 0 Å². The molecule has 1 aromatic carbocycles. The number of ether oxygens (including phenoxy) is 1. The molecule has 1 N–H and O–H groups in total.